The van der Waals surface area contributed by atoms with Crippen LogP contribution in [0.2, 0.25) is 0 Å². The summed E-state index contributed by atoms with van der Waals surface area (Å²) in [6.45, 7) is 0.746. The predicted molar refractivity (Wildman–Crippen MR) is 140 cm³/mol. The Bertz CT molecular complexity index is 1270. The maximum absolute atomic E-state index is 13.6. The van der Waals surface area contributed by atoms with E-state index in [9.17, 15) is 22.8 Å². The molecule has 8 nitrogen and oxygen atoms in total. The largest absolute Gasteiger partial charge is 0.454 e. The number of alkyl halides is 3. The van der Waals surface area contributed by atoms with Gasteiger partial charge in [0.2, 0.25) is 12.7 Å². The molecule has 0 bridgehead atoms. The molecule has 0 unspecified atom stereocenters. The normalized spacial score (nSPS) is 12.3. The van der Waals surface area contributed by atoms with E-state index in [1.54, 1.807) is 17.0 Å². The van der Waals surface area contributed by atoms with Gasteiger partial charge in [-0.1, -0.05) is 24.3 Å². The van der Waals surface area contributed by atoms with Crippen LogP contribution >= 0.6 is 11.3 Å². The number of nitrogens with zero attached hydrogens (tertiary/aromatic N) is 2. The minimum absolute atomic E-state index is 0.108. The standard InChI is InChI=1S/C27H28F3N3O5S/c1-36-12-5-11-32(26(35)31-22-8-3-2-7-21(22)27(28,29)30)17-25(34)33(16-20-6-4-13-39-20)15-19-9-10-23-24(14-19)38-18-37-23/h2-4,6-10,13-14H,5,11-12,15-18H2,1H3,(H,31,35). The zero-order valence-electron chi connectivity index (χ0n) is 21.2. The van der Waals surface area contributed by atoms with E-state index < -0.39 is 17.8 Å². The summed E-state index contributed by atoms with van der Waals surface area (Å²) in [5.41, 5.74) is -0.544. The fraction of sp³-hybridized carbons (Fsp3) is 0.333. The molecule has 1 aliphatic heterocycles. The Kier molecular flexibility index (Phi) is 9.31. The Hall–Kier alpha value is -3.77. The van der Waals surface area contributed by atoms with Gasteiger partial charge in [0.05, 0.1) is 17.8 Å². The summed E-state index contributed by atoms with van der Waals surface area (Å²) in [6.07, 6.45) is -4.26. The van der Waals surface area contributed by atoms with Crippen molar-refractivity contribution in [3.8, 4) is 11.5 Å². The van der Waals surface area contributed by atoms with Crippen LogP contribution in [0, 0.1) is 0 Å². The van der Waals surface area contributed by atoms with Gasteiger partial charge in [0, 0.05) is 31.7 Å². The number of para-hydroxylation sites is 1. The number of ether oxygens (including phenoxy) is 3. The van der Waals surface area contributed by atoms with Gasteiger partial charge >= 0.3 is 12.2 Å². The molecule has 2 heterocycles. The number of hydrogen-bond acceptors (Lipinski definition) is 6. The molecule has 208 valence electrons. The lowest BCUT2D eigenvalue weighted by Crippen LogP contribution is -2.44. The van der Waals surface area contributed by atoms with Crippen molar-refractivity contribution < 1.29 is 37.0 Å². The molecule has 3 aromatic rings. The third kappa shape index (κ3) is 7.64. The summed E-state index contributed by atoms with van der Waals surface area (Å²) < 4.78 is 56.3. The van der Waals surface area contributed by atoms with Gasteiger partial charge in [0.15, 0.2) is 11.5 Å². The van der Waals surface area contributed by atoms with Crippen molar-refractivity contribution in [1.82, 2.24) is 9.80 Å². The number of carbonyl (C=O) groups is 2. The van der Waals surface area contributed by atoms with E-state index >= 15 is 0 Å². The number of rotatable bonds is 11. The van der Waals surface area contributed by atoms with Crippen molar-refractivity contribution in [2.45, 2.75) is 25.7 Å². The van der Waals surface area contributed by atoms with Gasteiger partial charge in [-0.05, 0) is 47.7 Å². The van der Waals surface area contributed by atoms with E-state index in [0.717, 1.165) is 16.5 Å². The first-order valence-electron chi connectivity index (χ1n) is 12.1. The number of amides is 3. The highest BCUT2D eigenvalue weighted by molar-refractivity contribution is 7.09. The molecule has 2 aromatic carbocycles. The molecule has 1 N–H and O–H groups in total. The zero-order valence-corrected chi connectivity index (χ0v) is 22.0. The van der Waals surface area contributed by atoms with Crippen molar-refractivity contribution in [2.75, 3.05) is 38.9 Å². The molecule has 0 atom stereocenters. The third-order valence-electron chi connectivity index (χ3n) is 5.95. The van der Waals surface area contributed by atoms with Gasteiger partial charge in [-0.3, -0.25) is 4.79 Å². The summed E-state index contributed by atoms with van der Waals surface area (Å²) in [5.74, 6) is 0.840. The highest BCUT2D eigenvalue weighted by Gasteiger charge is 2.34. The Morgan fingerprint density at radius 3 is 2.56 bits per heavy atom. The van der Waals surface area contributed by atoms with Crippen LogP contribution in [0.15, 0.2) is 60.0 Å². The quantitative estimate of drug-likeness (QED) is 0.308. The summed E-state index contributed by atoms with van der Waals surface area (Å²) in [6, 6.07) is 13.1. The van der Waals surface area contributed by atoms with Crippen molar-refractivity contribution in [1.29, 1.82) is 0 Å². The SMILES string of the molecule is COCCCN(CC(=O)N(Cc1ccc2c(c1)OCO2)Cc1cccs1)C(=O)Nc1ccccc1C(F)(F)F. The summed E-state index contributed by atoms with van der Waals surface area (Å²) >= 11 is 1.49. The van der Waals surface area contributed by atoms with E-state index in [2.05, 4.69) is 5.32 Å². The van der Waals surface area contributed by atoms with Crippen molar-refractivity contribution >= 4 is 29.0 Å². The van der Waals surface area contributed by atoms with Crippen LogP contribution in [0.4, 0.5) is 23.7 Å². The summed E-state index contributed by atoms with van der Waals surface area (Å²) in [4.78, 5) is 30.5. The van der Waals surface area contributed by atoms with Crippen LogP contribution in [-0.2, 0) is 28.8 Å². The average molecular weight is 564 g/mol. The Morgan fingerprint density at radius 2 is 1.82 bits per heavy atom. The molecule has 1 aliphatic rings. The van der Waals surface area contributed by atoms with Crippen LogP contribution < -0.4 is 14.8 Å². The van der Waals surface area contributed by atoms with Crippen LogP contribution in [0.3, 0.4) is 0 Å². The maximum atomic E-state index is 13.6. The molecule has 3 amide bonds. The number of carbonyl (C=O) groups excluding carboxylic acids is 2. The van der Waals surface area contributed by atoms with E-state index in [1.807, 2.05) is 23.6 Å². The molecule has 4 rings (SSSR count). The molecule has 39 heavy (non-hydrogen) atoms. The second kappa shape index (κ2) is 12.9. The van der Waals surface area contributed by atoms with Crippen LogP contribution in [0.25, 0.3) is 0 Å². The predicted octanol–water partition coefficient (Wildman–Crippen LogP) is 5.60. The first-order chi connectivity index (χ1) is 18.7. The van der Waals surface area contributed by atoms with Crippen LogP contribution in [-0.4, -0.2) is 55.3 Å². The minimum atomic E-state index is -4.65. The molecule has 0 spiro atoms. The number of methoxy groups -OCH3 is 1. The molecule has 0 saturated heterocycles. The molecule has 0 radical (unpaired) electrons. The van der Waals surface area contributed by atoms with Gasteiger partial charge in [-0.25, -0.2) is 4.79 Å². The first-order valence-corrected chi connectivity index (χ1v) is 13.0. The Morgan fingerprint density at radius 1 is 1.03 bits per heavy atom. The molecule has 0 fully saturated rings. The summed E-state index contributed by atoms with van der Waals surface area (Å²) in [7, 11) is 1.50. The van der Waals surface area contributed by atoms with Gasteiger partial charge < -0.3 is 29.3 Å². The van der Waals surface area contributed by atoms with Crippen LogP contribution in [0.5, 0.6) is 11.5 Å². The Labute approximate surface area is 227 Å². The number of halogens is 3. The highest BCUT2D eigenvalue weighted by atomic mass is 32.1. The number of fused-ring (bicyclic) bond motifs is 1. The lowest BCUT2D eigenvalue weighted by atomic mass is 10.1. The van der Waals surface area contributed by atoms with Crippen molar-refractivity contribution in [3.63, 3.8) is 0 Å². The van der Waals surface area contributed by atoms with Crippen molar-refractivity contribution in [2.24, 2.45) is 0 Å². The highest BCUT2D eigenvalue weighted by Crippen LogP contribution is 2.35. The molecular formula is C27H28F3N3O5S. The van der Waals surface area contributed by atoms with E-state index in [-0.39, 0.29) is 38.0 Å². The lowest BCUT2D eigenvalue weighted by molar-refractivity contribution is -0.137. The van der Waals surface area contributed by atoms with E-state index in [1.165, 1.54) is 41.5 Å². The van der Waals surface area contributed by atoms with Gasteiger partial charge in [-0.2, -0.15) is 13.2 Å². The Balaban J connectivity index is 1.53. The van der Waals surface area contributed by atoms with Gasteiger partial charge in [-0.15, -0.1) is 11.3 Å². The zero-order chi connectivity index (χ0) is 27.8. The lowest BCUT2D eigenvalue weighted by Gasteiger charge is -2.28. The van der Waals surface area contributed by atoms with Gasteiger partial charge in [0.1, 0.15) is 6.54 Å². The molecule has 0 saturated carbocycles. The first kappa shape index (κ1) is 28.2. The average Bonchev–Trinajstić information content (AvgIpc) is 3.59. The molecule has 0 aliphatic carbocycles. The second-order valence-electron chi connectivity index (χ2n) is 8.76. The third-order valence-corrected chi connectivity index (χ3v) is 6.81. The van der Waals surface area contributed by atoms with Gasteiger partial charge in [0.25, 0.3) is 0 Å². The number of thiophene rings is 1. The fourth-order valence-electron chi connectivity index (χ4n) is 4.03. The van der Waals surface area contributed by atoms with E-state index in [4.69, 9.17) is 14.2 Å². The topological polar surface area (TPSA) is 80.3 Å². The monoisotopic (exact) mass is 563 g/mol. The van der Waals surface area contributed by atoms with Crippen LogP contribution in [0.1, 0.15) is 22.4 Å². The minimum Gasteiger partial charge on any atom is -0.454 e. The molecule has 12 heteroatoms. The summed E-state index contributed by atoms with van der Waals surface area (Å²) in [5, 5.41) is 4.24. The number of anilines is 1. The van der Waals surface area contributed by atoms with E-state index in [0.29, 0.717) is 31.1 Å². The second-order valence-corrected chi connectivity index (χ2v) is 9.79. The molecular weight excluding hydrogens is 535 g/mol. The number of benzene rings is 2. The van der Waals surface area contributed by atoms with Crippen molar-refractivity contribution in [3.05, 3.63) is 76.0 Å². The number of nitrogens with one attached hydrogen (secondary N) is 1. The number of urea groups is 1. The number of hydrogen-bond donors (Lipinski definition) is 1. The molecule has 1 aromatic heterocycles. The maximum Gasteiger partial charge on any atom is 0.418 e. The smallest absolute Gasteiger partial charge is 0.418 e. The fourth-order valence-corrected chi connectivity index (χ4v) is 4.75.